The van der Waals surface area contributed by atoms with Crippen LogP contribution in [0.4, 0.5) is 0 Å². The van der Waals surface area contributed by atoms with Crippen molar-refractivity contribution in [1.29, 1.82) is 0 Å². The molecule has 0 aliphatic carbocycles. The summed E-state index contributed by atoms with van der Waals surface area (Å²) in [4.78, 5) is 9.85. The van der Waals surface area contributed by atoms with Gasteiger partial charge < -0.3 is 5.11 Å². The zero-order valence-corrected chi connectivity index (χ0v) is 16.2. The van der Waals surface area contributed by atoms with Crippen molar-refractivity contribution in [2.24, 2.45) is 0 Å². The van der Waals surface area contributed by atoms with Gasteiger partial charge in [0.15, 0.2) is 0 Å². The van der Waals surface area contributed by atoms with Gasteiger partial charge in [-0.25, -0.2) is 4.98 Å². The number of benzene rings is 1. The zero-order chi connectivity index (χ0) is 18.5. The molecule has 1 aromatic carbocycles. The minimum absolute atomic E-state index is 0.356. The first-order valence-electron chi connectivity index (χ1n) is 10.5. The number of nitrogens with zero attached hydrogens (tertiary/aromatic N) is 3. The molecule has 2 aromatic rings. The maximum Gasteiger partial charge on any atom is 0.146 e. The molecule has 4 nitrogen and oxygen atoms in total. The van der Waals surface area contributed by atoms with Gasteiger partial charge in [0.25, 0.3) is 0 Å². The number of likely N-dealkylation sites (tertiary alicyclic amines) is 2. The number of aromatic nitrogens is 1. The fraction of sp³-hybridized carbons (Fsp3) is 0.522. The summed E-state index contributed by atoms with van der Waals surface area (Å²) in [7, 11) is 0. The van der Waals surface area contributed by atoms with Gasteiger partial charge in [0.05, 0.1) is 5.69 Å². The van der Waals surface area contributed by atoms with E-state index in [0.717, 1.165) is 61.8 Å². The van der Waals surface area contributed by atoms with Crippen LogP contribution in [-0.4, -0.2) is 46.1 Å². The zero-order valence-electron chi connectivity index (χ0n) is 16.2. The standard InChI is InChI=1S/C23H31N3O/c27-23-20(17-25-12-6-2-7-13-25)16-21(18-26-14-8-3-9-15-26)24-22(23)19-10-4-1-5-11-19/h1,4-5,10-11,16,27H,2-3,6-9,12-15,17-18H2. The molecule has 0 radical (unpaired) electrons. The van der Waals surface area contributed by atoms with Crippen molar-refractivity contribution < 1.29 is 5.11 Å². The highest BCUT2D eigenvalue weighted by Gasteiger charge is 2.19. The van der Waals surface area contributed by atoms with Gasteiger partial charge in [0.2, 0.25) is 0 Å². The molecule has 2 saturated heterocycles. The maximum atomic E-state index is 11.0. The van der Waals surface area contributed by atoms with E-state index >= 15 is 0 Å². The molecule has 0 atom stereocenters. The summed E-state index contributed by atoms with van der Waals surface area (Å²) in [6.07, 6.45) is 7.76. The minimum Gasteiger partial charge on any atom is -0.505 e. The Hall–Kier alpha value is -1.91. The van der Waals surface area contributed by atoms with Gasteiger partial charge in [-0.05, 0) is 57.9 Å². The number of aromatic hydroxyl groups is 1. The smallest absolute Gasteiger partial charge is 0.146 e. The lowest BCUT2D eigenvalue weighted by Gasteiger charge is -2.28. The summed E-state index contributed by atoms with van der Waals surface area (Å²) in [6.45, 7) is 6.28. The SMILES string of the molecule is Oc1c(CN2CCCCC2)cc(CN2CCCCC2)nc1-c1ccccc1. The quantitative estimate of drug-likeness (QED) is 0.851. The Labute approximate surface area is 162 Å². The first kappa shape index (κ1) is 18.5. The average molecular weight is 366 g/mol. The number of rotatable bonds is 5. The molecule has 0 amide bonds. The van der Waals surface area contributed by atoms with Crippen molar-refractivity contribution in [2.45, 2.75) is 51.6 Å². The van der Waals surface area contributed by atoms with Crippen LogP contribution < -0.4 is 0 Å². The molecule has 3 heterocycles. The van der Waals surface area contributed by atoms with E-state index in [0.29, 0.717) is 5.75 Å². The number of pyridine rings is 1. The lowest BCUT2D eigenvalue weighted by Crippen LogP contribution is -2.30. The number of hydrogen-bond acceptors (Lipinski definition) is 4. The minimum atomic E-state index is 0.356. The summed E-state index contributed by atoms with van der Waals surface area (Å²) in [5.41, 5.74) is 3.84. The summed E-state index contributed by atoms with van der Waals surface area (Å²) in [5.74, 6) is 0.356. The largest absolute Gasteiger partial charge is 0.505 e. The Morgan fingerprint density at radius 1 is 0.778 bits per heavy atom. The van der Waals surface area contributed by atoms with Gasteiger partial charge in [-0.2, -0.15) is 0 Å². The van der Waals surface area contributed by atoms with Gasteiger partial charge in [0.1, 0.15) is 11.4 Å². The second-order valence-electron chi connectivity index (χ2n) is 8.01. The molecule has 1 aromatic heterocycles. The molecule has 0 unspecified atom stereocenters. The van der Waals surface area contributed by atoms with Crippen LogP contribution >= 0.6 is 0 Å². The number of hydrogen-bond donors (Lipinski definition) is 1. The normalized spacial score (nSPS) is 19.3. The maximum absolute atomic E-state index is 11.0. The first-order chi connectivity index (χ1) is 13.3. The topological polar surface area (TPSA) is 39.6 Å². The molecule has 4 heteroatoms. The fourth-order valence-corrected chi connectivity index (χ4v) is 4.35. The highest BCUT2D eigenvalue weighted by Crippen LogP contribution is 2.33. The van der Waals surface area contributed by atoms with Crippen molar-refractivity contribution >= 4 is 0 Å². The fourth-order valence-electron chi connectivity index (χ4n) is 4.35. The second kappa shape index (κ2) is 8.85. The van der Waals surface area contributed by atoms with Gasteiger partial charge in [-0.3, -0.25) is 9.80 Å². The number of piperidine rings is 2. The molecule has 4 rings (SSSR count). The van der Waals surface area contributed by atoms with E-state index in [1.165, 1.54) is 38.5 Å². The lowest BCUT2D eigenvalue weighted by atomic mass is 10.0. The third-order valence-electron chi connectivity index (χ3n) is 5.85. The van der Waals surface area contributed by atoms with Crippen LogP contribution in [0.15, 0.2) is 36.4 Å². The second-order valence-corrected chi connectivity index (χ2v) is 8.01. The third-order valence-corrected chi connectivity index (χ3v) is 5.85. The molecule has 27 heavy (non-hydrogen) atoms. The molecule has 0 saturated carbocycles. The van der Waals surface area contributed by atoms with Crippen molar-refractivity contribution in [3.63, 3.8) is 0 Å². The molecule has 1 N–H and O–H groups in total. The molecule has 2 fully saturated rings. The van der Waals surface area contributed by atoms with Gasteiger partial charge in [-0.15, -0.1) is 0 Å². The van der Waals surface area contributed by atoms with E-state index in [1.54, 1.807) is 0 Å². The third kappa shape index (κ3) is 4.69. The van der Waals surface area contributed by atoms with Crippen molar-refractivity contribution in [3.05, 3.63) is 47.7 Å². The molecular formula is C23H31N3O. The molecule has 2 aliphatic rings. The van der Waals surface area contributed by atoms with Gasteiger partial charge in [-0.1, -0.05) is 43.2 Å². The van der Waals surface area contributed by atoms with Gasteiger partial charge >= 0.3 is 0 Å². The first-order valence-corrected chi connectivity index (χ1v) is 10.5. The van der Waals surface area contributed by atoms with Crippen LogP contribution in [0.25, 0.3) is 11.3 Å². The van der Waals surface area contributed by atoms with E-state index in [1.807, 2.05) is 30.3 Å². The van der Waals surface area contributed by atoms with Crippen molar-refractivity contribution in [1.82, 2.24) is 14.8 Å². The summed E-state index contributed by atoms with van der Waals surface area (Å²) < 4.78 is 0. The van der Waals surface area contributed by atoms with E-state index in [2.05, 4.69) is 15.9 Å². The van der Waals surface area contributed by atoms with Crippen LogP contribution in [0.5, 0.6) is 5.75 Å². The predicted molar refractivity (Wildman–Crippen MR) is 110 cm³/mol. The lowest BCUT2D eigenvalue weighted by molar-refractivity contribution is 0.214. The molecule has 144 valence electrons. The summed E-state index contributed by atoms with van der Waals surface area (Å²) >= 11 is 0. The molecule has 0 spiro atoms. The van der Waals surface area contributed by atoms with E-state index in [4.69, 9.17) is 4.98 Å². The molecular weight excluding hydrogens is 334 g/mol. The van der Waals surface area contributed by atoms with Crippen LogP contribution in [0, 0.1) is 0 Å². The van der Waals surface area contributed by atoms with Crippen LogP contribution in [0.2, 0.25) is 0 Å². The Morgan fingerprint density at radius 2 is 1.37 bits per heavy atom. The predicted octanol–water partition coefficient (Wildman–Crippen LogP) is 4.43. The molecule has 0 bridgehead atoms. The van der Waals surface area contributed by atoms with Crippen molar-refractivity contribution in [3.8, 4) is 17.0 Å². The van der Waals surface area contributed by atoms with Crippen LogP contribution in [0.1, 0.15) is 49.8 Å². The Bertz CT molecular complexity index is 735. The van der Waals surface area contributed by atoms with E-state index in [9.17, 15) is 5.11 Å². The Kier molecular flexibility index (Phi) is 6.05. The highest BCUT2D eigenvalue weighted by molar-refractivity contribution is 5.68. The summed E-state index contributed by atoms with van der Waals surface area (Å²) in [6, 6.07) is 12.3. The van der Waals surface area contributed by atoms with Crippen LogP contribution in [-0.2, 0) is 13.1 Å². The van der Waals surface area contributed by atoms with Crippen molar-refractivity contribution in [2.75, 3.05) is 26.2 Å². The average Bonchev–Trinajstić information content (AvgIpc) is 2.72. The monoisotopic (exact) mass is 365 g/mol. The highest BCUT2D eigenvalue weighted by atomic mass is 16.3. The summed E-state index contributed by atoms with van der Waals surface area (Å²) in [5, 5.41) is 11.0. The Morgan fingerprint density at radius 3 is 2.00 bits per heavy atom. The molecule has 2 aliphatic heterocycles. The van der Waals surface area contributed by atoms with E-state index in [-0.39, 0.29) is 0 Å². The van der Waals surface area contributed by atoms with Gasteiger partial charge in [0, 0.05) is 24.2 Å². The van der Waals surface area contributed by atoms with E-state index < -0.39 is 0 Å². The van der Waals surface area contributed by atoms with Crippen LogP contribution in [0.3, 0.4) is 0 Å². The Balaban J connectivity index is 1.64.